The van der Waals surface area contributed by atoms with Crippen molar-refractivity contribution in [2.24, 2.45) is 0 Å². The minimum Gasteiger partial charge on any atom is -0.305 e. The molecule has 0 aliphatic carbocycles. The molecular weight excluding hydrogens is 238 g/mol. The van der Waals surface area contributed by atoms with E-state index in [1.807, 2.05) is 13.8 Å². The van der Waals surface area contributed by atoms with Crippen LogP contribution in [0.4, 0.5) is 0 Å². The van der Waals surface area contributed by atoms with E-state index in [1.54, 1.807) is 22.7 Å². The van der Waals surface area contributed by atoms with E-state index in [1.165, 1.54) is 4.88 Å². The molecule has 2 heterocycles. The number of aromatic nitrogens is 2. The Labute approximate surface area is 104 Å². The van der Waals surface area contributed by atoms with Crippen LogP contribution >= 0.6 is 22.7 Å². The number of hydrogen-bond acceptors (Lipinski definition) is 5. The van der Waals surface area contributed by atoms with Crippen LogP contribution in [0.15, 0.2) is 5.38 Å². The van der Waals surface area contributed by atoms with Crippen LogP contribution < -0.4 is 5.32 Å². The summed E-state index contributed by atoms with van der Waals surface area (Å²) in [7, 11) is 0. The average Bonchev–Trinajstić information content (AvgIpc) is 2.74. The van der Waals surface area contributed by atoms with Crippen LogP contribution in [0.2, 0.25) is 0 Å². The molecule has 0 fully saturated rings. The largest absolute Gasteiger partial charge is 0.305 e. The number of aryl methyl sites for hydroxylation is 3. The molecule has 0 atom stereocenters. The van der Waals surface area contributed by atoms with Crippen molar-refractivity contribution in [1.82, 2.24) is 15.3 Å². The molecule has 2 aromatic heterocycles. The van der Waals surface area contributed by atoms with Gasteiger partial charge in [-0.2, -0.15) is 0 Å². The summed E-state index contributed by atoms with van der Waals surface area (Å²) >= 11 is 3.45. The maximum absolute atomic E-state index is 4.48. The summed E-state index contributed by atoms with van der Waals surface area (Å²) < 4.78 is 0. The lowest BCUT2D eigenvalue weighted by Gasteiger charge is -2.00. The van der Waals surface area contributed by atoms with Gasteiger partial charge in [-0.05, 0) is 20.8 Å². The van der Waals surface area contributed by atoms with Gasteiger partial charge >= 0.3 is 0 Å². The van der Waals surface area contributed by atoms with E-state index in [9.17, 15) is 0 Å². The number of hydrogen-bond donors (Lipinski definition) is 1. The molecule has 0 spiro atoms. The first-order valence-corrected chi connectivity index (χ1v) is 6.89. The van der Waals surface area contributed by atoms with Crippen molar-refractivity contribution in [3.63, 3.8) is 0 Å². The second-order valence-corrected chi connectivity index (χ2v) is 6.17. The SMILES string of the molecule is Cc1nc(CNCc2nc(C)sc2C)cs1. The Balaban J connectivity index is 1.86. The molecule has 0 bridgehead atoms. The second-order valence-electron chi connectivity index (χ2n) is 3.70. The van der Waals surface area contributed by atoms with Gasteiger partial charge in [-0.15, -0.1) is 22.7 Å². The fourth-order valence-electron chi connectivity index (χ4n) is 1.53. The Kier molecular flexibility index (Phi) is 3.68. The normalized spacial score (nSPS) is 10.9. The zero-order valence-corrected chi connectivity index (χ0v) is 11.3. The number of nitrogens with one attached hydrogen (secondary N) is 1. The van der Waals surface area contributed by atoms with Crippen molar-refractivity contribution in [2.75, 3.05) is 0 Å². The molecule has 0 aromatic carbocycles. The molecule has 0 aliphatic heterocycles. The van der Waals surface area contributed by atoms with Crippen molar-refractivity contribution in [3.05, 3.63) is 31.7 Å². The number of nitrogens with zero attached hydrogens (tertiary/aromatic N) is 2. The predicted octanol–water partition coefficient (Wildman–Crippen LogP) is 2.81. The van der Waals surface area contributed by atoms with Crippen LogP contribution in [0, 0.1) is 20.8 Å². The molecule has 0 amide bonds. The third kappa shape index (κ3) is 2.87. The highest BCUT2D eigenvalue weighted by Crippen LogP contribution is 2.16. The molecule has 0 unspecified atom stereocenters. The number of thiazole rings is 2. The topological polar surface area (TPSA) is 37.8 Å². The lowest BCUT2D eigenvalue weighted by molar-refractivity contribution is 0.669. The van der Waals surface area contributed by atoms with Gasteiger partial charge in [0.05, 0.1) is 21.4 Å². The minimum absolute atomic E-state index is 0.820. The van der Waals surface area contributed by atoms with Gasteiger partial charge in [-0.1, -0.05) is 0 Å². The van der Waals surface area contributed by atoms with Crippen LogP contribution in [-0.2, 0) is 13.1 Å². The molecule has 5 heteroatoms. The summed E-state index contributed by atoms with van der Waals surface area (Å²) in [6.45, 7) is 7.84. The van der Waals surface area contributed by atoms with Gasteiger partial charge in [-0.25, -0.2) is 9.97 Å². The molecule has 0 saturated heterocycles. The predicted molar refractivity (Wildman–Crippen MR) is 69.0 cm³/mol. The van der Waals surface area contributed by atoms with Crippen molar-refractivity contribution >= 4 is 22.7 Å². The standard InChI is InChI=1S/C11H15N3S2/c1-7-11(14-9(3)16-7)5-12-4-10-6-15-8(2)13-10/h6,12H,4-5H2,1-3H3. The summed E-state index contributed by atoms with van der Waals surface area (Å²) in [5, 5.41) is 7.73. The highest BCUT2D eigenvalue weighted by molar-refractivity contribution is 7.11. The van der Waals surface area contributed by atoms with Crippen LogP contribution in [0.1, 0.15) is 26.3 Å². The van der Waals surface area contributed by atoms with Crippen LogP contribution in [0.25, 0.3) is 0 Å². The van der Waals surface area contributed by atoms with Crippen LogP contribution in [0.5, 0.6) is 0 Å². The maximum Gasteiger partial charge on any atom is 0.0900 e. The van der Waals surface area contributed by atoms with Crippen molar-refractivity contribution in [3.8, 4) is 0 Å². The van der Waals surface area contributed by atoms with E-state index < -0.39 is 0 Å². The van der Waals surface area contributed by atoms with Crippen molar-refractivity contribution in [2.45, 2.75) is 33.9 Å². The fourth-order valence-corrected chi connectivity index (χ4v) is 2.98. The first-order valence-electron chi connectivity index (χ1n) is 5.20. The van der Waals surface area contributed by atoms with Gasteiger partial charge < -0.3 is 5.32 Å². The molecule has 16 heavy (non-hydrogen) atoms. The lowest BCUT2D eigenvalue weighted by Crippen LogP contribution is -2.13. The Bertz CT molecular complexity index is 473. The van der Waals surface area contributed by atoms with Crippen LogP contribution in [0.3, 0.4) is 0 Å². The van der Waals surface area contributed by atoms with Gasteiger partial charge in [0.1, 0.15) is 0 Å². The first kappa shape index (κ1) is 11.7. The molecule has 1 N–H and O–H groups in total. The van der Waals surface area contributed by atoms with Gasteiger partial charge in [0.2, 0.25) is 0 Å². The van der Waals surface area contributed by atoms with Crippen LogP contribution in [-0.4, -0.2) is 9.97 Å². The van der Waals surface area contributed by atoms with Gasteiger partial charge in [0.15, 0.2) is 0 Å². The smallest absolute Gasteiger partial charge is 0.0900 e. The molecular formula is C11H15N3S2. The molecule has 3 nitrogen and oxygen atoms in total. The lowest BCUT2D eigenvalue weighted by atomic mass is 10.3. The highest BCUT2D eigenvalue weighted by atomic mass is 32.1. The fraction of sp³-hybridized carbons (Fsp3) is 0.455. The first-order chi connectivity index (χ1) is 7.65. The molecule has 2 rings (SSSR count). The molecule has 0 radical (unpaired) electrons. The zero-order valence-electron chi connectivity index (χ0n) is 9.70. The average molecular weight is 253 g/mol. The van der Waals surface area contributed by atoms with Gasteiger partial charge in [0, 0.05) is 23.3 Å². The van der Waals surface area contributed by atoms with Crippen molar-refractivity contribution in [1.29, 1.82) is 0 Å². The summed E-state index contributed by atoms with van der Waals surface area (Å²) in [6, 6.07) is 0. The van der Waals surface area contributed by atoms with E-state index >= 15 is 0 Å². The van der Waals surface area contributed by atoms with E-state index in [0.717, 1.165) is 34.5 Å². The van der Waals surface area contributed by atoms with E-state index in [-0.39, 0.29) is 0 Å². The molecule has 0 aliphatic rings. The Hall–Kier alpha value is -0.780. The second kappa shape index (κ2) is 5.03. The Morgan fingerprint density at radius 1 is 1.12 bits per heavy atom. The quantitative estimate of drug-likeness (QED) is 0.910. The third-order valence-electron chi connectivity index (χ3n) is 2.26. The molecule has 86 valence electrons. The number of rotatable bonds is 4. The molecule has 2 aromatic rings. The monoisotopic (exact) mass is 253 g/mol. The van der Waals surface area contributed by atoms with E-state index in [2.05, 4.69) is 27.6 Å². The summed E-state index contributed by atoms with van der Waals surface area (Å²) in [4.78, 5) is 10.2. The summed E-state index contributed by atoms with van der Waals surface area (Å²) in [6.07, 6.45) is 0. The molecule has 0 saturated carbocycles. The Morgan fingerprint density at radius 2 is 1.94 bits per heavy atom. The summed E-state index contributed by atoms with van der Waals surface area (Å²) in [5.41, 5.74) is 2.28. The highest BCUT2D eigenvalue weighted by Gasteiger charge is 2.04. The van der Waals surface area contributed by atoms with E-state index in [0.29, 0.717) is 0 Å². The zero-order chi connectivity index (χ0) is 11.5. The van der Waals surface area contributed by atoms with Gasteiger partial charge in [0.25, 0.3) is 0 Å². The maximum atomic E-state index is 4.48. The minimum atomic E-state index is 0.820. The third-order valence-corrected chi connectivity index (χ3v) is 4.02. The Morgan fingerprint density at radius 3 is 2.50 bits per heavy atom. The van der Waals surface area contributed by atoms with Crippen molar-refractivity contribution < 1.29 is 0 Å². The van der Waals surface area contributed by atoms with Gasteiger partial charge in [-0.3, -0.25) is 0 Å². The summed E-state index contributed by atoms with van der Waals surface area (Å²) in [5.74, 6) is 0. The van der Waals surface area contributed by atoms with E-state index in [4.69, 9.17) is 0 Å².